The molecule has 3 aliphatic heterocycles. The van der Waals surface area contributed by atoms with Crippen molar-refractivity contribution in [2.75, 3.05) is 0 Å². The highest BCUT2D eigenvalue weighted by Crippen LogP contribution is 2.26. The maximum absolute atomic E-state index is 11.6. The van der Waals surface area contributed by atoms with E-state index in [-0.39, 0.29) is 64.3 Å². The first-order chi connectivity index (χ1) is 33.7. The first-order valence-electron chi connectivity index (χ1n) is 21.7. The van der Waals surface area contributed by atoms with Gasteiger partial charge in [-0.15, -0.1) is 0 Å². The van der Waals surface area contributed by atoms with Crippen LogP contribution in [0.2, 0.25) is 0 Å². The van der Waals surface area contributed by atoms with Crippen LogP contribution in [-0.4, -0.2) is 87.0 Å². The molecule has 3 aromatic carbocycles. The van der Waals surface area contributed by atoms with Crippen LogP contribution < -0.4 is 14.2 Å². The van der Waals surface area contributed by atoms with Crippen molar-refractivity contribution in [3.63, 3.8) is 0 Å². The summed E-state index contributed by atoms with van der Waals surface area (Å²) in [7, 11) is 0. The number of benzene rings is 3. The molecule has 6 amide bonds. The molecule has 24 nitrogen and oxygen atoms in total. The van der Waals surface area contributed by atoms with E-state index in [0.717, 1.165) is 12.8 Å². The Morgan fingerprint density at radius 3 is 1.11 bits per heavy atom. The number of esters is 3. The standard InChI is InChI=1S/C17H19NO7.C16H17NO7.C14H13NO7/c1-2-3-4-16(21)24-13-7-5-12(6-8-13)11-23-17(22)25-18-14(19)9-10-15(18)20;1-9-6-12(7-10(2)15(9)23-11(3)18)8-22-16(21)24-17-13(19)4-5-14(17)20;1-9(16)21-11-4-2-10(3-5-11)8-20-14(19)22-15-12(17)6-7-13(15)18/h5-8H,2-4,9-11H2,1H3;6-7H,4-5,8H2,1-3H3;2-5H,6-8H2,1H3. The number of hydrogen-bond acceptors (Lipinski definition) is 21. The van der Waals surface area contributed by atoms with E-state index in [0.29, 0.717) is 66.7 Å². The largest absolute Gasteiger partial charge is 0.534 e. The van der Waals surface area contributed by atoms with Gasteiger partial charge in [-0.1, -0.05) is 52.8 Å². The second-order valence-electron chi connectivity index (χ2n) is 15.2. The van der Waals surface area contributed by atoms with E-state index in [1.165, 1.54) is 13.8 Å². The number of hydroxylamine groups is 6. The van der Waals surface area contributed by atoms with Gasteiger partial charge in [0.1, 0.15) is 37.1 Å². The minimum atomic E-state index is -1.15. The summed E-state index contributed by atoms with van der Waals surface area (Å²) in [5.74, 6) is -3.37. The quantitative estimate of drug-likeness (QED) is 0.0754. The molecule has 0 unspecified atom stereocenters. The molecular weight excluding hydrogens is 943 g/mol. The molecule has 0 spiro atoms. The zero-order valence-electron chi connectivity index (χ0n) is 39.2. The SMILES string of the molecule is CC(=O)Oc1c(C)cc(COC(=O)ON2C(=O)CCC2=O)cc1C.CC(=O)Oc1ccc(COC(=O)ON2C(=O)CCC2=O)cc1.CCCCC(=O)Oc1ccc(COC(=O)ON2C(=O)CCC2=O)cc1. The molecule has 3 heterocycles. The number of carbonyl (C=O) groups is 12. The summed E-state index contributed by atoms with van der Waals surface area (Å²) in [6, 6.07) is 16.1. The Balaban J connectivity index is 0.000000232. The van der Waals surface area contributed by atoms with E-state index in [9.17, 15) is 57.5 Å². The Labute approximate surface area is 404 Å². The predicted octanol–water partition coefficient (Wildman–Crippen LogP) is 5.77. The number of rotatable bonds is 15. The zero-order valence-corrected chi connectivity index (χ0v) is 39.2. The smallest absolute Gasteiger partial charge is 0.428 e. The Bertz CT molecular complexity index is 2450. The van der Waals surface area contributed by atoms with Gasteiger partial charge in [0.2, 0.25) is 0 Å². The van der Waals surface area contributed by atoms with Crippen molar-refractivity contribution in [2.24, 2.45) is 0 Å². The molecule has 0 atom stereocenters. The highest BCUT2D eigenvalue weighted by molar-refractivity contribution is 6.02. The van der Waals surface area contributed by atoms with Gasteiger partial charge in [-0.05, 0) is 84.5 Å². The summed E-state index contributed by atoms with van der Waals surface area (Å²) in [6.07, 6.45) is -1.27. The van der Waals surface area contributed by atoms with E-state index in [4.69, 9.17) is 28.4 Å². The number of imide groups is 3. The number of carbonyl (C=O) groups excluding carboxylic acids is 12. The zero-order chi connectivity index (χ0) is 52.2. The lowest BCUT2D eigenvalue weighted by molar-refractivity contribution is -0.178. The van der Waals surface area contributed by atoms with Gasteiger partial charge < -0.3 is 28.4 Å². The molecular formula is C47H49N3O21. The molecule has 3 aromatic rings. The summed E-state index contributed by atoms with van der Waals surface area (Å²) in [6.45, 7) is 7.76. The number of amides is 6. The van der Waals surface area contributed by atoms with E-state index < -0.39 is 65.8 Å². The van der Waals surface area contributed by atoms with Crippen molar-refractivity contribution in [3.8, 4) is 17.2 Å². The van der Waals surface area contributed by atoms with Crippen LogP contribution in [0.25, 0.3) is 0 Å². The van der Waals surface area contributed by atoms with Crippen LogP contribution in [0.15, 0.2) is 60.7 Å². The van der Waals surface area contributed by atoms with E-state index in [2.05, 4.69) is 14.5 Å². The first kappa shape index (κ1) is 54.9. The lowest BCUT2D eigenvalue weighted by Crippen LogP contribution is -2.32. The van der Waals surface area contributed by atoms with Crippen LogP contribution >= 0.6 is 0 Å². The minimum Gasteiger partial charge on any atom is -0.428 e. The first-order valence-corrected chi connectivity index (χ1v) is 21.7. The van der Waals surface area contributed by atoms with Crippen LogP contribution in [0, 0.1) is 13.8 Å². The summed E-state index contributed by atoms with van der Waals surface area (Å²) in [5.41, 5.74) is 3.32. The Morgan fingerprint density at radius 1 is 0.465 bits per heavy atom. The molecule has 0 bridgehead atoms. The van der Waals surface area contributed by atoms with E-state index in [1.807, 2.05) is 6.92 Å². The van der Waals surface area contributed by atoms with Gasteiger partial charge in [0.05, 0.1) is 0 Å². The average Bonchev–Trinajstić information content (AvgIpc) is 3.94. The summed E-state index contributed by atoms with van der Waals surface area (Å²) < 4.78 is 29.7. The van der Waals surface area contributed by atoms with Gasteiger partial charge in [0.15, 0.2) is 0 Å². The van der Waals surface area contributed by atoms with Crippen LogP contribution in [0.3, 0.4) is 0 Å². The second-order valence-corrected chi connectivity index (χ2v) is 15.2. The third-order valence-electron chi connectivity index (χ3n) is 9.43. The molecule has 71 heavy (non-hydrogen) atoms. The highest BCUT2D eigenvalue weighted by atomic mass is 16.8. The van der Waals surface area contributed by atoms with E-state index >= 15 is 0 Å². The van der Waals surface area contributed by atoms with Crippen molar-refractivity contribution in [2.45, 2.75) is 112 Å². The number of hydrogen-bond donors (Lipinski definition) is 0. The molecule has 0 N–H and O–H groups in total. The van der Waals surface area contributed by atoms with Crippen molar-refractivity contribution < 1.29 is 100 Å². The lowest BCUT2D eigenvalue weighted by atomic mass is 10.1. The monoisotopic (exact) mass is 991 g/mol. The van der Waals surface area contributed by atoms with Crippen LogP contribution in [0.1, 0.15) is 106 Å². The van der Waals surface area contributed by atoms with E-state index in [1.54, 1.807) is 74.5 Å². The van der Waals surface area contributed by atoms with Gasteiger partial charge in [-0.3, -0.25) is 57.7 Å². The molecule has 0 radical (unpaired) electrons. The molecule has 0 saturated carbocycles. The molecule has 3 saturated heterocycles. The van der Waals surface area contributed by atoms with Crippen molar-refractivity contribution >= 4 is 71.8 Å². The molecule has 3 fully saturated rings. The van der Waals surface area contributed by atoms with Crippen molar-refractivity contribution in [1.82, 2.24) is 15.2 Å². The van der Waals surface area contributed by atoms with Crippen LogP contribution in [0.5, 0.6) is 17.2 Å². The number of ether oxygens (including phenoxy) is 6. The average molecular weight is 992 g/mol. The molecule has 378 valence electrons. The minimum absolute atomic E-state index is 0.0160. The predicted molar refractivity (Wildman–Crippen MR) is 234 cm³/mol. The second kappa shape index (κ2) is 26.7. The molecule has 3 aliphatic rings. The molecule has 6 rings (SSSR count). The van der Waals surface area contributed by atoms with Crippen molar-refractivity contribution in [1.29, 1.82) is 0 Å². The Kier molecular flexibility index (Phi) is 20.7. The van der Waals surface area contributed by atoms with Gasteiger partial charge in [-0.2, -0.15) is 0 Å². The third kappa shape index (κ3) is 18.0. The van der Waals surface area contributed by atoms with Gasteiger partial charge in [0, 0.05) is 58.8 Å². The highest BCUT2D eigenvalue weighted by Gasteiger charge is 2.35. The third-order valence-corrected chi connectivity index (χ3v) is 9.43. The Hall–Kier alpha value is -8.70. The number of nitrogens with zero attached hydrogens (tertiary/aromatic N) is 3. The van der Waals surface area contributed by atoms with Crippen LogP contribution in [-0.2, 0) is 91.7 Å². The molecule has 0 aromatic heterocycles. The maximum atomic E-state index is 11.6. The fourth-order valence-electron chi connectivity index (χ4n) is 6.11. The Morgan fingerprint density at radius 2 is 0.789 bits per heavy atom. The summed E-state index contributed by atoms with van der Waals surface area (Å²) >= 11 is 0. The van der Waals surface area contributed by atoms with Crippen molar-refractivity contribution in [3.05, 3.63) is 88.5 Å². The van der Waals surface area contributed by atoms with Crippen LogP contribution in [0.4, 0.5) is 14.4 Å². The normalized spacial score (nSPS) is 13.8. The fourth-order valence-corrected chi connectivity index (χ4v) is 6.11. The molecule has 0 aliphatic carbocycles. The van der Waals surface area contributed by atoms with Gasteiger partial charge >= 0.3 is 36.4 Å². The topological polar surface area (TPSA) is 298 Å². The lowest BCUT2D eigenvalue weighted by Gasteiger charge is -2.14. The van der Waals surface area contributed by atoms with Gasteiger partial charge in [0.25, 0.3) is 35.4 Å². The summed E-state index contributed by atoms with van der Waals surface area (Å²) in [5, 5.41) is 1.25. The molecule has 24 heteroatoms. The summed E-state index contributed by atoms with van der Waals surface area (Å²) in [4.78, 5) is 149. The number of unbranched alkanes of at least 4 members (excludes halogenated alkanes) is 1. The number of aryl methyl sites for hydroxylation is 2. The maximum Gasteiger partial charge on any atom is 0.534 e. The fraction of sp³-hybridized carbons (Fsp3) is 0.362. The van der Waals surface area contributed by atoms with Gasteiger partial charge in [-0.25, -0.2) is 14.4 Å².